The predicted octanol–water partition coefficient (Wildman–Crippen LogP) is 3.95. The Hall–Kier alpha value is -0.880. The molecule has 0 N–H and O–H groups in total. The van der Waals surface area contributed by atoms with E-state index in [1.165, 1.54) is 36.0 Å². The normalized spacial score (nSPS) is 21.3. The Labute approximate surface area is 159 Å². The van der Waals surface area contributed by atoms with Gasteiger partial charge in [-0.2, -0.15) is 5.10 Å². The van der Waals surface area contributed by atoms with Gasteiger partial charge in [-0.05, 0) is 31.1 Å². The van der Waals surface area contributed by atoms with E-state index >= 15 is 0 Å². The van der Waals surface area contributed by atoms with Gasteiger partial charge < -0.3 is 0 Å². The summed E-state index contributed by atoms with van der Waals surface area (Å²) in [6.45, 7) is 14.9. The average Bonchev–Trinajstić information content (AvgIpc) is 3.23. The Morgan fingerprint density at radius 2 is 1.46 bits per heavy atom. The lowest BCUT2D eigenvalue weighted by Crippen LogP contribution is -2.37. The van der Waals surface area contributed by atoms with E-state index in [0.717, 1.165) is 12.8 Å². The first kappa shape index (κ1) is 19.9. The molecule has 0 aromatic carbocycles. The summed E-state index contributed by atoms with van der Waals surface area (Å²) < 4.78 is 27.6. The van der Waals surface area contributed by atoms with Gasteiger partial charge in [0.1, 0.15) is 0 Å². The van der Waals surface area contributed by atoms with Crippen molar-refractivity contribution in [2.75, 3.05) is 19.3 Å². The fraction of sp³-hybridized carbons (Fsp3) is 0.850. The SMILES string of the molecule is CC(C)(C)c1c(C2CCN(S(C)(=O)=O)CC2)nn(C2CC2)c1C(C)(C)C. The van der Waals surface area contributed by atoms with Gasteiger partial charge in [-0.25, -0.2) is 12.7 Å². The molecule has 0 bridgehead atoms. The van der Waals surface area contributed by atoms with Crippen LogP contribution in [0.15, 0.2) is 0 Å². The maximum absolute atomic E-state index is 11.8. The maximum atomic E-state index is 11.8. The van der Waals surface area contributed by atoms with Crippen LogP contribution in [-0.4, -0.2) is 41.8 Å². The van der Waals surface area contributed by atoms with Crippen molar-refractivity contribution in [3.8, 4) is 0 Å². The van der Waals surface area contributed by atoms with Crippen LogP contribution < -0.4 is 0 Å². The highest BCUT2D eigenvalue weighted by Gasteiger charge is 2.40. The van der Waals surface area contributed by atoms with Crippen LogP contribution in [0.3, 0.4) is 0 Å². The van der Waals surface area contributed by atoms with Gasteiger partial charge in [-0.3, -0.25) is 4.68 Å². The van der Waals surface area contributed by atoms with E-state index in [4.69, 9.17) is 5.10 Å². The first-order valence-corrected chi connectivity index (χ1v) is 11.7. The van der Waals surface area contributed by atoms with E-state index in [-0.39, 0.29) is 10.8 Å². The molecular formula is C20H35N3O2S. The summed E-state index contributed by atoms with van der Waals surface area (Å²) in [5.74, 6) is 0.350. The van der Waals surface area contributed by atoms with Crippen LogP contribution in [0.4, 0.5) is 0 Å². The lowest BCUT2D eigenvalue weighted by molar-refractivity contribution is 0.315. The van der Waals surface area contributed by atoms with Gasteiger partial charge in [0, 0.05) is 35.7 Å². The van der Waals surface area contributed by atoms with Crippen molar-refractivity contribution < 1.29 is 8.42 Å². The Balaban J connectivity index is 2.03. The Morgan fingerprint density at radius 3 is 1.85 bits per heavy atom. The molecule has 1 aliphatic carbocycles. The summed E-state index contributed by atoms with van der Waals surface area (Å²) in [4.78, 5) is 0. The first-order chi connectivity index (χ1) is 11.8. The smallest absolute Gasteiger partial charge is 0.211 e. The predicted molar refractivity (Wildman–Crippen MR) is 106 cm³/mol. The summed E-state index contributed by atoms with van der Waals surface area (Å²) in [5.41, 5.74) is 4.08. The second-order valence-electron chi connectivity index (χ2n) is 10.2. The van der Waals surface area contributed by atoms with Crippen molar-refractivity contribution >= 4 is 10.0 Å². The van der Waals surface area contributed by atoms with Crippen molar-refractivity contribution in [1.82, 2.24) is 14.1 Å². The summed E-state index contributed by atoms with van der Waals surface area (Å²) in [6.07, 6.45) is 5.48. The van der Waals surface area contributed by atoms with E-state index < -0.39 is 10.0 Å². The molecule has 3 rings (SSSR count). The number of hydrogen-bond acceptors (Lipinski definition) is 3. The number of rotatable bonds is 3. The Kier molecular flexibility index (Phi) is 4.84. The van der Waals surface area contributed by atoms with Crippen LogP contribution in [-0.2, 0) is 20.9 Å². The third-order valence-electron chi connectivity index (χ3n) is 5.60. The zero-order valence-electron chi connectivity index (χ0n) is 17.5. The molecule has 1 aliphatic heterocycles. The highest BCUT2D eigenvalue weighted by Crippen LogP contribution is 2.46. The first-order valence-electron chi connectivity index (χ1n) is 9.88. The fourth-order valence-electron chi connectivity index (χ4n) is 4.24. The van der Waals surface area contributed by atoms with Gasteiger partial charge in [0.25, 0.3) is 0 Å². The minimum absolute atomic E-state index is 0.0268. The van der Waals surface area contributed by atoms with Crippen molar-refractivity contribution in [3.63, 3.8) is 0 Å². The van der Waals surface area contributed by atoms with Gasteiger partial charge in [-0.15, -0.1) is 0 Å². The molecule has 2 aliphatic rings. The van der Waals surface area contributed by atoms with Crippen molar-refractivity contribution in [2.45, 2.75) is 90.0 Å². The van der Waals surface area contributed by atoms with E-state index in [1.807, 2.05) is 0 Å². The van der Waals surface area contributed by atoms with Gasteiger partial charge in [-0.1, -0.05) is 41.5 Å². The third-order valence-corrected chi connectivity index (χ3v) is 6.90. The summed E-state index contributed by atoms with van der Waals surface area (Å²) >= 11 is 0. The zero-order valence-corrected chi connectivity index (χ0v) is 18.3. The molecule has 2 fully saturated rings. The lowest BCUT2D eigenvalue weighted by atomic mass is 9.75. The molecule has 148 valence electrons. The number of sulfonamides is 1. The third kappa shape index (κ3) is 3.86. The second-order valence-corrected chi connectivity index (χ2v) is 12.2. The fourth-order valence-corrected chi connectivity index (χ4v) is 5.11. The number of piperidine rings is 1. The van der Waals surface area contributed by atoms with Crippen molar-refractivity contribution in [3.05, 3.63) is 17.0 Å². The molecule has 0 unspecified atom stereocenters. The van der Waals surface area contributed by atoms with E-state index in [9.17, 15) is 8.42 Å². The van der Waals surface area contributed by atoms with E-state index in [1.54, 1.807) is 4.31 Å². The largest absolute Gasteiger partial charge is 0.265 e. The van der Waals surface area contributed by atoms with Crippen LogP contribution in [0, 0.1) is 0 Å². The molecule has 0 amide bonds. The molecule has 1 aromatic heterocycles. The zero-order chi connectivity index (χ0) is 19.5. The molecule has 0 spiro atoms. The number of aromatic nitrogens is 2. The topological polar surface area (TPSA) is 55.2 Å². The van der Waals surface area contributed by atoms with E-state index in [0.29, 0.717) is 25.0 Å². The molecule has 1 aromatic rings. The number of hydrogen-bond donors (Lipinski definition) is 0. The van der Waals surface area contributed by atoms with Gasteiger partial charge in [0.05, 0.1) is 18.0 Å². The molecule has 5 nitrogen and oxygen atoms in total. The standard InChI is InChI=1S/C20H35N3O2S/c1-19(2,3)16-17(14-10-12-22(13-11-14)26(7,24)25)21-23(15-8-9-15)18(16)20(4,5)6/h14-15H,8-13H2,1-7H3. The lowest BCUT2D eigenvalue weighted by Gasteiger charge is -2.32. The Morgan fingerprint density at radius 1 is 0.923 bits per heavy atom. The van der Waals surface area contributed by atoms with Crippen molar-refractivity contribution in [1.29, 1.82) is 0 Å². The molecule has 26 heavy (non-hydrogen) atoms. The minimum atomic E-state index is -3.09. The summed E-state index contributed by atoms with van der Waals surface area (Å²) in [6, 6.07) is 0.551. The highest BCUT2D eigenvalue weighted by molar-refractivity contribution is 7.88. The number of nitrogens with zero attached hydrogens (tertiary/aromatic N) is 3. The highest BCUT2D eigenvalue weighted by atomic mass is 32.2. The molecule has 0 radical (unpaired) electrons. The van der Waals surface area contributed by atoms with Crippen molar-refractivity contribution in [2.24, 2.45) is 0 Å². The second kappa shape index (κ2) is 6.33. The summed E-state index contributed by atoms with van der Waals surface area (Å²) in [5, 5.41) is 5.16. The quantitative estimate of drug-likeness (QED) is 0.796. The van der Waals surface area contributed by atoms with Gasteiger partial charge in [0.15, 0.2) is 0 Å². The van der Waals surface area contributed by atoms with Crippen LogP contribution >= 0.6 is 0 Å². The van der Waals surface area contributed by atoms with Crippen LogP contribution in [0.2, 0.25) is 0 Å². The molecule has 0 atom stereocenters. The Bertz CT molecular complexity index is 769. The van der Waals surface area contributed by atoms with Crippen LogP contribution in [0.1, 0.15) is 96.1 Å². The summed E-state index contributed by atoms with van der Waals surface area (Å²) in [7, 11) is -3.09. The van der Waals surface area contributed by atoms with E-state index in [2.05, 4.69) is 46.2 Å². The van der Waals surface area contributed by atoms with Gasteiger partial charge in [0.2, 0.25) is 10.0 Å². The molecule has 6 heteroatoms. The molecule has 2 heterocycles. The molecular weight excluding hydrogens is 346 g/mol. The maximum Gasteiger partial charge on any atom is 0.211 e. The van der Waals surface area contributed by atoms with Crippen LogP contribution in [0.25, 0.3) is 0 Å². The minimum Gasteiger partial charge on any atom is -0.265 e. The average molecular weight is 382 g/mol. The molecule has 1 saturated heterocycles. The van der Waals surface area contributed by atoms with Gasteiger partial charge >= 0.3 is 0 Å². The van der Waals surface area contributed by atoms with Crippen LogP contribution in [0.5, 0.6) is 0 Å². The molecule has 1 saturated carbocycles. The monoisotopic (exact) mass is 381 g/mol.